The van der Waals surface area contributed by atoms with Crippen LogP contribution in [0.5, 0.6) is 17.2 Å². The molecule has 0 saturated carbocycles. The molecule has 0 unspecified atom stereocenters. The fourth-order valence-corrected chi connectivity index (χ4v) is 5.70. The number of carbonyl (C=O) groups is 8. The van der Waals surface area contributed by atoms with Gasteiger partial charge < -0.3 is 40.2 Å². The molecular weight excluding hydrogens is 828 g/mol. The van der Waals surface area contributed by atoms with Crippen LogP contribution in [0, 0.1) is 11.8 Å². The molecule has 5 atom stereocenters. The summed E-state index contributed by atoms with van der Waals surface area (Å²) in [7, 11) is 0. The van der Waals surface area contributed by atoms with Gasteiger partial charge in [0.2, 0.25) is 6.29 Å². The Morgan fingerprint density at radius 2 is 1.19 bits per heavy atom. The molecule has 2 amide bonds. The normalized spacial score (nSPS) is 17.1. The first-order valence-corrected chi connectivity index (χ1v) is 19.0. The number of rotatable bonds is 18. The smallest absolute Gasteiger partial charge is 0.339 e. The highest BCUT2D eigenvalue weighted by Crippen LogP contribution is 2.35. The Kier molecular flexibility index (Phi) is 21.5. The minimum Gasteiger partial charge on any atom is -0.507 e. The van der Waals surface area contributed by atoms with Gasteiger partial charge in [-0.2, -0.15) is 0 Å². The summed E-state index contributed by atoms with van der Waals surface area (Å²) in [6.45, 7) is 7.40. The molecule has 1 aliphatic rings. The first-order valence-electron chi connectivity index (χ1n) is 19.0. The van der Waals surface area contributed by atoms with Crippen LogP contribution in [0.2, 0.25) is 0 Å². The average molecular weight is 875 g/mol. The van der Waals surface area contributed by atoms with Crippen molar-refractivity contribution in [3.05, 3.63) is 109 Å². The van der Waals surface area contributed by atoms with E-state index in [9.17, 15) is 43.5 Å². The van der Waals surface area contributed by atoms with Crippen LogP contribution in [-0.4, -0.2) is 108 Å². The Bertz CT molecular complexity index is 2240. The zero-order valence-corrected chi connectivity index (χ0v) is 34.6. The first kappa shape index (κ1) is 51.3. The lowest BCUT2D eigenvalue weighted by atomic mass is 9.82. The lowest BCUT2D eigenvalue weighted by Crippen LogP contribution is -2.55. The van der Waals surface area contributed by atoms with E-state index in [4.69, 9.17) is 35.5 Å². The number of azide groups is 2. The van der Waals surface area contributed by atoms with Crippen molar-refractivity contribution in [3.8, 4) is 17.2 Å². The number of nitrogens with one attached hydrogen (secondary N) is 2. The third-order valence-corrected chi connectivity index (χ3v) is 9.06. The van der Waals surface area contributed by atoms with E-state index in [0.29, 0.717) is 43.8 Å². The molecule has 334 valence electrons. The number of amides is 2. The summed E-state index contributed by atoms with van der Waals surface area (Å²) in [5.74, 6) is -3.91. The van der Waals surface area contributed by atoms with E-state index in [2.05, 4.69) is 30.7 Å². The third-order valence-electron chi connectivity index (χ3n) is 9.06. The molecule has 0 bridgehead atoms. The number of benzene rings is 3. The highest BCUT2D eigenvalue weighted by molar-refractivity contribution is 5.99. The van der Waals surface area contributed by atoms with Crippen LogP contribution in [0.25, 0.3) is 20.9 Å². The van der Waals surface area contributed by atoms with Crippen LogP contribution in [0.1, 0.15) is 103 Å². The molecule has 0 aromatic heterocycles. The number of aldehydes is 3. The number of aromatic carboxylic acids is 1. The zero-order chi connectivity index (χ0) is 47.1. The maximum absolute atomic E-state index is 12.8. The zero-order valence-electron chi connectivity index (χ0n) is 34.6. The molecule has 3 aromatic carbocycles. The largest absolute Gasteiger partial charge is 0.507 e. The Morgan fingerprint density at radius 1 is 0.730 bits per heavy atom. The number of ketones is 1. The van der Waals surface area contributed by atoms with Crippen molar-refractivity contribution < 1.29 is 67.9 Å². The molecule has 0 aliphatic carbocycles. The van der Waals surface area contributed by atoms with Crippen molar-refractivity contribution in [3.63, 3.8) is 0 Å². The van der Waals surface area contributed by atoms with Crippen LogP contribution < -0.4 is 15.4 Å². The van der Waals surface area contributed by atoms with Gasteiger partial charge in [0, 0.05) is 65.5 Å². The quantitative estimate of drug-likeness (QED) is 0.0268. The second-order valence-corrected chi connectivity index (χ2v) is 13.5. The van der Waals surface area contributed by atoms with Gasteiger partial charge in [-0.05, 0) is 91.3 Å². The van der Waals surface area contributed by atoms with Crippen molar-refractivity contribution in [2.45, 2.75) is 59.0 Å². The maximum atomic E-state index is 12.8. The second-order valence-electron chi connectivity index (χ2n) is 13.5. The van der Waals surface area contributed by atoms with Gasteiger partial charge in [0.15, 0.2) is 11.9 Å². The van der Waals surface area contributed by atoms with Gasteiger partial charge in [0.25, 0.3) is 11.8 Å². The number of hydrogen-bond donors (Lipinski definition) is 5. The maximum Gasteiger partial charge on any atom is 0.339 e. The van der Waals surface area contributed by atoms with E-state index in [1.54, 1.807) is 0 Å². The highest BCUT2D eigenvalue weighted by Gasteiger charge is 2.46. The SMILES string of the molecule is CC(=O)O[C@H]1[C@H](Oc2ccc(C=O)cc2C(=O)NCCCN=[N+]=[N-])O[C@H](C(C)=O)[C@@H](C)[C@@H]1C.O=Cc1ccc(O)c(C(=O)O)c1.[N-]=[N+]=NCCCNC(=O)c1cc(C=O)ccc1O. The third kappa shape index (κ3) is 16.3. The topological polar surface area (TPSA) is 347 Å². The van der Waals surface area contributed by atoms with E-state index in [1.165, 1.54) is 62.4 Å². The predicted octanol–water partition coefficient (Wildman–Crippen LogP) is 5.36. The second kappa shape index (κ2) is 26.4. The number of ether oxygens (including phenoxy) is 3. The summed E-state index contributed by atoms with van der Waals surface area (Å²) in [4.78, 5) is 95.9. The number of carboxylic acids is 1. The molecule has 1 fully saturated rings. The number of phenolic OH excluding ortho intramolecular Hbond substituents is 1. The number of Topliss-reactive ketones (excluding diaryl/α,β-unsaturated/α-hetero) is 1. The molecule has 1 aliphatic heterocycles. The number of hydrogen-bond acceptors (Lipinski definition) is 15. The lowest BCUT2D eigenvalue weighted by molar-refractivity contribution is -0.242. The molecule has 1 saturated heterocycles. The van der Waals surface area contributed by atoms with E-state index in [1.807, 2.05) is 13.8 Å². The van der Waals surface area contributed by atoms with Crippen LogP contribution in [0.3, 0.4) is 0 Å². The molecule has 0 radical (unpaired) electrons. The Balaban J connectivity index is 0.000000377. The molecule has 5 N–H and O–H groups in total. The van der Waals surface area contributed by atoms with E-state index in [0.717, 1.165) is 6.07 Å². The minimum atomic E-state index is -1.25. The van der Waals surface area contributed by atoms with Crippen molar-refractivity contribution in [1.29, 1.82) is 0 Å². The van der Waals surface area contributed by atoms with Crippen molar-refractivity contribution in [1.82, 2.24) is 10.6 Å². The van der Waals surface area contributed by atoms with Crippen molar-refractivity contribution >= 4 is 48.4 Å². The van der Waals surface area contributed by atoms with Gasteiger partial charge in [-0.1, -0.05) is 24.1 Å². The fraction of sp³-hybridized carbons (Fsp3) is 0.366. The molecule has 4 rings (SSSR count). The van der Waals surface area contributed by atoms with Crippen molar-refractivity contribution in [2.75, 3.05) is 26.2 Å². The number of esters is 1. The predicted molar refractivity (Wildman–Crippen MR) is 222 cm³/mol. The molecule has 63 heavy (non-hydrogen) atoms. The summed E-state index contributed by atoms with van der Waals surface area (Å²) >= 11 is 0. The summed E-state index contributed by atoms with van der Waals surface area (Å²) in [6.07, 6.45) is -0.102. The molecular formula is C41H46N8O14. The summed E-state index contributed by atoms with van der Waals surface area (Å²) < 4.78 is 17.3. The number of phenols is 2. The van der Waals surface area contributed by atoms with Crippen LogP contribution in [0.15, 0.2) is 64.8 Å². The van der Waals surface area contributed by atoms with Gasteiger partial charge in [-0.3, -0.25) is 33.6 Å². The Hall–Kier alpha value is -7.80. The van der Waals surface area contributed by atoms with Gasteiger partial charge in [-0.15, -0.1) is 0 Å². The molecule has 22 nitrogen and oxygen atoms in total. The number of carboxylic acid groups (broad SMARTS) is 1. The monoisotopic (exact) mass is 874 g/mol. The van der Waals surface area contributed by atoms with Gasteiger partial charge >= 0.3 is 11.9 Å². The van der Waals surface area contributed by atoms with Crippen LogP contribution in [-0.2, 0) is 19.1 Å². The minimum absolute atomic E-state index is 0.0448. The summed E-state index contributed by atoms with van der Waals surface area (Å²) in [5.41, 5.74) is 17.0. The van der Waals surface area contributed by atoms with E-state index in [-0.39, 0.29) is 82.3 Å². The standard InChI is InChI=1S/C22H28N4O7.C11H12N4O3.C8H6O4/c1-12-13(2)20(31-15(4)29)22(33-19(12)14(3)28)32-18-7-6-16(11-27)10-17(18)21(30)24-8-5-9-25-26-23;12-15-14-5-1-4-13-11(18)9-6-8(7-16)2-3-10(9)17;9-4-5-1-2-7(10)6(3-5)8(11)12/h6-7,10-13,19-20,22H,5,8-9H2,1-4H3,(H,24,30);2-3,6-7,17H,1,4-5H2,(H,13,18);1-4,10H,(H,11,12)/t12-,13-,19-,20+,22+;;/m0../s1. The number of nitrogens with zero attached hydrogens (tertiary/aromatic N) is 6. The Morgan fingerprint density at radius 3 is 1.65 bits per heavy atom. The van der Waals surface area contributed by atoms with Crippen LogP contribution in [0.4, 0.5) is 0 Å². The summed E-state index contributed by atoms with van der Waals surface area (Å²) in [5, 5.41) is 39.0. The van der Waals surface area contributed by atoms with Crippen LogP contribution >= 0.6 is 0 Å². The summed E-state index contributed by atoms with van der Waals surface area (Å²) in [6, 6.07) is 11.9. The van der Waals surface area contributed by atoms with Gasteiger partial charge in [-0.25, -0.2) is 4.79 Å². The van der Waals surface area contributed by atoms with E-state index < -0.39 is 42.3 Å². The number of carbonyl (C=O) groups excluding carboxylic acids is 7. The fourth-order valence-electron chi connectivity index (χ4n) is 5.70. The Labute approximate surface area is 359 Å². The van der Waals surface area contributed by atoms with Crippen molar-refractivity contribution in [2.24, 2.45) is 22.1 Å². The molecule has 3 aromatic rings. The number of aromatic hydroxyl groups is 2. The van der Waals surface area contributed by atoms with E-state index >= 15 is 0 Å². The highest BCUT2D eigenvalue weighted by atomic mass is 16.7. The molecule has 22 heteroatoms. The van der Waals surface area contributed by atoms with Gasteiger partial charge in [0.05, 0.1) is 11.1 Å². The first-order chi connectivity index (χ1) is 30.0. The average Bonchev–Trinajstić information content (AvgIpc) is 3.26. The molecule has 0 spiro atoms. The van der Waals surface area contributed by atoms with Gasteiger partial charge in [0.1, 0.15) is 47.8 Å². The molecule has 1 heterocycles. The lowest BCUT2D eigenvalue weighted by Gasteiger charge is -2.42.